The number of hydrogen-bond acceptors (Lipinski definition) is 4. The number of benzene rings is 1. The Hall–Kier alpha value is -1.44. The molecule has 1 N–H and O–H groups in total. The van der Waals surface area contributed by atoms with Crippen LogP contribution in [0.2, 0.25) is 0 Å². The number of nitrogens with zero attached hydrogens (tertiary/aromatic N) is 1. The third-order valence-electron chi connectivity index (χ3n) is 2.04. The average Bonchev–Trinajstić information content (AvgIpc) is 2.32. The minimum Gasteiger partial charge on any atom is -0.439 e. The van der Waals surface area contributed by atoms with Crippen LogP contribution in [0.15, 0.2) is 52.0 Å². The van der Waals surface area contributed by atoms with E-state index in [-0.39, 0.29) is 4.90 Å². The summed E-state index contributed by atoms with van der Waals surface area (Å²) >= 11 is 3.25. The summed E-state index contributed by atoms with van der Waals surface area (Å²) in [5.74, 6) is 0.815. The predicted molar refractivity (Wildman–Crippen MR) is 68.3 cm³/mol. The molecule has 0 fully saturated rings. The van der Waals surface area contributed by atoms with Gasteiger partial charge in [-0.05, 0) is 46.3 Å². The Morgan fingerprint density at radius 1 is 1.11 bits per heavy atom. The minimum absolute atomic E-state index is 0.182. The molecule has 0 saturated carbocycles. The standard InChI is InChI=1S/C11H8BrNO4S/c12-8-1-6-11(13-7-8)17-9-2-4-10(5-3-9)18(14,15)16/h1-7H,(H,14,15,16). The first-order valence-electron chi connectivity index (χ1n) is 4.82. The molecule has 0 saturated heterocycles. The third kappa shape index (κ3) is 3.28. The largest absolute Gasteiger partial charge is 0.439 e. The van der Waals surface area contributed by atoms with Gasteiger partial charge in [-0.25, -0.2) is 4.98 Å². The maximum Gasteiger partial charge on any atom is 0.294 e. The van der Waals surface area contributed by atoms with Crippen LogP contribution in [0.4, 0.5) is 0 Å². The van der Waals surface area contributed by atoms with Gasteiger partial charge in [-0.2, -0.15) is 8.42 Å². The van der Waals surface area contributed by atoms with E-state index < -0.39 is 10.1 Å². The summed E-state index contributed by atoms with van der Waals surface area (Å²) in [7, 11) is -4.18. The molecule has 0 amide bonds. The van der Waals surface area contributed by atoms with Gasteiger partial charge < -0.3 is 4.74 Å². The third-order valence-corrected chi connectivity index (χ3v) is 3.38. The molecular weight excluding hydrogens is 322 g/mol. The van der Waals surface area contributed by atoms with Gasteiger partial charge >= 0.3 is 0 Å². The van der Waals surface area contributed by atoms with Crippen molar-refractivity contribution in [3.8, 4) is 11.6 Å². The molecule has 2 aromatic rings. The van der Waals surface area contributed by atoms with E-state index in [1.807, 2.05) is 0 Å². The Morgan fingerprint density at radius 2 is 1.78 bits per heavy atom. The monoisotopic (exact) mass is 329 g/mol. The molecule has 0 atom stereocenters. The first-order chi connectivity index (χ1) is 8.45. The van der Waals surface area contributed by atoms with Crippen LogP contribution >= 0.6 is 15.9 Å². The molecule has 18 heavy (non-hydrogen) atoms. The van der Waals surface area contributed by atoms with Crippen molar-refractivity contribution in [1.29, 1.82) is 0 Å². The molecule has 0 radical (unpaired) electrons. The fraction of sp³-hybridized carbons (Fsp3) is 0. The van der Waals surface area contributed by atoms with Crippen molar-refractivity contribution in [3.63, 3.8) is 0 Å². The summed E-state index contributed by atoms with van der Waals surface area (Å²) in [4.78, 5) is 3.83. The summed E-state index contributed by atoms with van der Waals surface area (Å²) in [6.07, 6.45) is 1.59. The number of rotatable bonds is 3. The van der Waals surface area contributed by atoms with Gasteiger partial charge in [-0.1, -0.05) is 0 Å². The fourth-order valence-corrected chi connectivity index (χ4v) is 1.94. The summed E-state index contributed by atoms with van der Waals surface area (Å²) in [6.45, 7) is 0. The van der Waals surface area contributed by atoms with E-state index in [1.165, 1.54) is 24.3 Å². The van der Waals surface area contributed by atoms with E-state index >= 15 is 0 Å². The second-order valence-electron chi connectivity index (χ2n) is 3.36. The van der Waals surface area contributed by atoms with Crippen molar-refractivity contribution in [2.24, 2.45) is 0 Å². The molecule has 0 aliphatic heterocycles. The van der Waals surface area contributed by atoms with Gasteiger partial charge in [0.15, 0.2) is 0 Å². The lowest BCUT2D eigenvalue weighted by molar-refractivity contribution is 0.461. The summed E-state index contributed by atoms with van der Waals surface area (Å²) in [6, 6.07) is 8.82. The number of hydrogen-bond donors (Lipinski definition) is 1. The quantitative estimate of drug-likeness (QED) is 0.876. The number of halogens is 1. The van der Waals surface area contributed by atoms with Crippen LogP contribution in [-0.4, -0.2) is 18.0 Å². The average molecular weight is 330 g/mol. The molecule has 1 heterocycles. The van der Waals surface area contributed by atoms with Crippen LogP contribution in [-0.2, 0) is 10.1 Å². The zero-order valence-corrected chi connectivity index (χ0v) is 11.3. The minimum atomic E-state index is -4.18. The van der Waals surface area contributed by atoms with Gasteiger partial charge in [0.1, 0.15) is 5.75 Å². The lowest BCUT2D eigenvalue weighted by Gasteiger charge is -2.04. The van der Waals surface area contributed by atoms with E-state index in [9.17, 15) is 8.42 Å². The first-order valence-corrected chi connectivity index (χ1v) is 7.05. The molecule has 0 aliphatic carbocycles. The zero-order chi connectivity index (χ0) is 13.2. The van der Waals surface area contributed by atoms with Crippen molar-refractivity contribution in [3.05, 3.63) is 47.1 Å². The van der Waals surface area contributed by atoms with Gasteiger partial charge in [0, 0.05) is 16.7 Å². The van der Waals surface area contributed by atoms with E-state index in [0.717, 1.165) is 4.47 Å². The molecule has 0 bridgehead atoms. The van der Waals surface area contributed by atoms with Crippen LogP contribution in [0.25, 0.3) is 0 Å². The maximum atomic E-state index is 10.8. The Labute approximate surface area is 112 Å². The highest BCUT2D eigenvalue weighted by Crippen LogP contribution is 2.22. The molecule has 0 spiro atoms. The van der Waals surface area contributed by atoms with Crippen LogP contribution < -0.4 is 4.74 Å². The smallest absolute Gasteiger partial charge is 0.294 e. The molecular formula is C11H8BrNO4S. The summed E-state index contributed by atoms with van der Waals surface area (Å²) < 4.78 is 36.7. The molecule has 1 aromatic heterocycles. The normalized spacial score (nSPS) is 11.2. The van der Waals surface area contributed by atoms with Crippen molar-refractivity contribution >= 4 is 26.0 Å². The molecule has 0 unspecified atom stereocenters. The Kier molecular flexibility index (Phi) is 3.65. The van der Waals surface area contributed by atoms with Gasteiger partial charge in [0.05, 0.1) is 4.90 Å². The summed E-state index contributed by atoms with van der Waals surface area (Å²) in [5.41, 5.74) is 0. The SMILES string of the molecule is O=S(=O)(O)c1ccc(Oc2ccc(Br)cn2)cc1. The number of pyridine rings is 1. The topological polar surface area (TPSA) is 76.5 Å². The van der Waals surface area contributed by atoms with Crippen LogP contribution in [0.3, 0.4) is 0 Å². The zero-order valence-electron chi connectivity index (χ0n) is 8.95. The van der Waals surface area contributed by atoms with Gasteiger partial charge in [0.2, 0.25) is 5.88 Å². The van der Waals surface area contributed by atoms with Crippen molar-refractivity contribution in [1.82, 2.24) is 4.98 Å². The van der Waals surface area contributed by atoms with E-state index in [2.05, 4.69) is 20.9 Å². The van der Waals surface area contributed by atoms with Crippen molar-refractivity contribution < 1.29 is 17.7 Å². The second kappa shape index (κ2) is 5.05. The molecule has 0 aliphatic rings. The van der Waals surface area contributed by atoms with Crippen molar-refractivity contribution in [2.75, 3.05) is 0 Å². The lowest BCUT2D eigenvalue weighted by atomic mass is 10.3. The Balaban J connectivity index is 2.18. The molecule has 94 valence electrons. The molecule has 5 nitrogen and oxygen atoms in total. The number of ether oxygens (including phenoxy) is 1. The maximum absolute atomic E-state index is 10.8. The highest BCUT2D eigenvalue weighted by atomic mass is 79.9. The van der Waals surface area contributed by atoms with E-state index in [1.54, 1.807) is 18.3 Å². The van der Waals surface area contributed by atoms with E-state index in [4.69, 9.17) is 9.29 Å². The highest BCUT2D eigenvalue weighted by Gasteiger charge is 2.09. The van der Waals surface area contributed by atoms with Gasteiger partial charge in [-0.15, -0.1) is 0 Å². The predicted octanol–water partition coefficient (Wildman–Crippen LogP) is 2.88. The highest BCUT2D eigenvalue weighted by molar-refractivity contribution is 9.10. The molecule has 2 rings (SSSR count). The lowest BCUT2D eigenvalue weighted by Crippen LogP contribution is -1.97. The second-order valence-corrected chi connectivity index (χ2v) is 5.70. The van der Waals surface area contributed by atoms with Crippen molar-refractivity contribution in [2.45, 2.75) is 4.90 Å². The Morgan fingerprint density at radius 3 is 2.28 bits per heavy atom. The molecule has 7 heteroatoms. The van der Waals surface area contributed by atoms with E-state index in [0.29, 0.717) is 11.6 Å². The Bertz CT molecular complexity index is 638. The van der Waals surface area contributed by atoms with Crippen LogP contribution in [0.1, 0.15) is 0 Å². The first kappa shape index (κ1) is 13.0. The van der Waals surface area contributed by atoms with Gasteiger partial charge in [0.25, 0.3) is 10.1 Å². The molecule has 1 aromatic carbocycles. The fourth-order valence-electron chi connectivity index (χ4n) is 1.22. The van der Waals surface area contributed by atoms with Gasteiger partial charge in [-0.3, -0.25) is 4.55 Å². The van der Waals surface area contributed by atoms with Crippen LogP contribution in [0, 0.1) is 0 Å². The summed E-state index contributed by atoms with van der Waals surface area (Å²) in [5, 5.41) is 0. The number of aromatic nitrogens is 1. The van der Waals surface area contributed by atoms with Crippen LogP contribution in [0.5, 0.6) is 11.6 Å².